The normalized spacial score (nSPS) is 16.3. The third-order valence-electron chi connectivity index (χ3n) is 4.31. The highest BCUT2D eigenvalue weighted by atomic mass is 35.5. The van der Waals surface area contributed by atoms with Crippen molar-refractivity contribution < 1.29 is 8.42 Å². The van der Waals surface area contributed by atoms with Gasteiger partial charge >= 0.3 is 0 Å². The largest absolute Gasteiger partial charge is 0.296 e. The molecule has 0 N–H and O–H groups in total. The average Bonchev–Trinajstić information content (AvgIpc) is 2.62. The van der Waals surface area contributed by atoms with Gasteiger partial charge in [-0.25, -0.2) is 8.42 Å². The van der Waals surface area contributed by atoms with E-state index in [4.69, 9.17) is 28.5 Å². The van der Waals surface area contributed by atoms with Gasteiger partial charge < -0.3 is 0 Å². The van der Waals surface area contributed by atoms with Gasteiger partial charge in [0.15, 0.2) is 0 Å². The van der Waals surface area contributed by atoms with E-state index >= 15 is 0 Å². The number of rotatable bonds is 4. The number of sulfonamides is 1. The van der Waals surface area contributed by atoms with Crippen LogP contribution in [-0.2, 0) is 16.6 Å². The number of benzene rings is 2. The van der Waals surface area contributed by atoms with Gasteiger partial charge in [0.2, 0.25) is 10.0 Å². The summed E-state index contributed by atoms with van der Waals surface area (Å²) in [5, 5.41) is 9.25. The molecule has 0 unspecified atom stereocenters. The van der Waals surface area contributed by atoms with Crippen LogP contribution in [-0.4, -0.2) is 43.8 Å². The van der Waals surface area contributed by atoms with Crippen LogP contribution >= 0.6 is 23.2 Å². The molecule has 5 nitrogen and oxygen atoms in total. The van der Waals surface area contributed by atoms with Gasteiger partial charge in [0.1, 0.15) is 4.90 Å². The lowest BCUT2D eigenvalue weighted by Crippen LogP contribution is -2.48. The molecule has 0 aromatic heterocycles. The van der Waals surface area contributed by atoms with Crippen molar-refractivity contribution in [1.29, 1.82) is 5.26 Å². The molecule has 26 heavy (non-hydrogen) atoms. The van der Waals surface area contributed by atoms with Crippen LogP contribution in [0.15, 0.2) is 47.4 Å². The SMILES string of the molecule is N#Cc1cccc(CN2CCN(S(=O)(=O)c3c(Cl)cccc3Cl)CC2)c1. The van der Waals surface area contributed by atoms with E-state index in [0.717, 1.165) is 5.56 Å². The lowest BCUT2D eigenvalue weighted by Gasteiger charge is -2.34. The van der Waals surface area contributed by atoms with Crippen molar-refractivity contribution >= 4 is 33.2 Å². The fourth-order valence-corrected chi connectivity index (χ4v) is 5.50. The van der Waals surface area contributed by atoms with Crippen molar-refractivity contribution in [2.24, 2.45) is 0 Å². The Morgan fingerprint density at radius 1 is 1.00 bits per heavy atom. The maximum Gasteiger partial charge on any atom is 0.246 e. The Kier molecular flexibility index (Phi) is 5.86. The quantitative estimate of drug-likeness (QED) is 0.776. The third-order valence-corrected chi connectivity index (χ3v) is 7.17. The monoisotopic (exact) mass is 409 g/mol. The fraction of sp³-hybridized carbons (Fsp3) is 0.278. The zero-order chi connectivity index (χ0) is 18.7. The van der Waals surface area contributed by atoms with E-state index in [0.29, 0.717) is 38.3 Å². The molecule has 1 fully saturated rings. The van der Waals surface area contributed by atoms with Crippen LogP contribution in [0.5, 0.6) is 0 Å². The van der Waals surface area contributed by atoms with E-state index in [1.165, 1.54) is 16.4 Å². The summed E-state index contributed by atoms with van der Waals surface area (Å²) in [6.45, 7) is 2.59. The molecule has 136 valence electrons. The number of nitriles is 1. The van der Waals surface area contributed by atoms with Crippen molar-refractivity contribution in [1.82, 2.24) is 9.21 Å². The van der Waals surface area contributed by atoms with E-state index < -0.39 is 10.0 Å². The van der Waals surface area contributed by atoms with Crippen molar-refractivity contribution in [3.05, 3.63) is 63.6 Å². The van der Waals surface area contributed by atoms with E-state index in [9.17, 15) is 8.42 Å². The summed E-state index contributed by atoms with van der Waals surface area (Å²) < 4.78 is 27.2. The smallest absolute Gasteiger partial charge is 0.246 e. The maximum absolute atomic E-state index is 12.9. The number of hydrogen-bond donors (Lipinski definition) is 0. The molecular weight excluding hydrogens is 393 g/mol. The second-order valence-corrected chi connectivity index (χ2v) is 8.73. The van der Waals surface area contributed by atoms with Crippen LogP contribution < -0.4 is 0 Å². The number of piperazine rings is 1. The van der Waals surface area contributed by atoms with Crippen LogP contribution in [0, 0.1) is 11.3 Å². The van der Waals surface area contributed by atoms with Crippen molar-refractivity contribution in [2.45, 2.75) is 11.4 Å². The van der Waals surface area contributed by atoms with Gasteiger partial charge in [-0.15, -0.1) is 0 Å². The summed E-state index contributed by atoms with van der Waals surface area (Å²) in [4.78, 5) is 2.13. The molecule has 0 aliphatic carbocycles. The number of nitrogens with zero attached hydrogens (tertiary/aromatic N) is 3. The van der Waals surface area contributed by atoms with Crippen LogP contribution in [0.4, 0.5) is 0 Å². The average molecular weight is 410 g/mol. The van der Waals surface area contributed by atoms with Gasteiger partial charge in [-0.05, 0) is 29.8 Å². The Labute approximate surface area is 163 Å². The van der Waals surface area contributed by atoms with Gasteiger partial charge in [-0.1, -0.05) is 41.4 Å². The first kappa shape index (κ1) is 19.2. The summed E-state index contributed by atoms with van der Waals surface area (Å²) in [6, 6.07) is 14.2. The van der Waals surface area contributed by atoms with Gasteiger partial charge in [-0.2, -0.15) is 9.57 Å². The van der Waals surface area contributed by atoms with Crippen LogP contribution in [0.1, 0.15) is 11.1 Å². The third kappa shape index (κ3) is 4.03. The minimum atomic E-state index is -3.73. The molecular formula is C18H17Cl2N3O2S. The van der Waals surface area contributed by atoms with Gasteiger partial charge in [0.25, 0.3) is 0 Å². The lowest BCUT2D eigenvalue weighted by molar-refractivity contribution is 0.181. The minimum absolute atomic E-state index is 0.0292. The fourth-order valence-electron chi connectivity index (χ4n) is 2.98. The minimum Gasteiger partial charge on any atom is -0.296 e. The molecule has 0 spiro atoms. The molecule has 0 atom stereocenters. The Balaban J connectivity index is 1.69. The highest BCUT2D eigenvalue weighted by Gasteiger charge is 2.31. The number of halogens is 2. The number of hydrogen-bond acceptors (Lipinski definition) is 4. The van der Waals surface area contributed by atoms with Crippen LogP contribution in [0.25, 0.3) is 0 Å². The van der Waals surface area contributed by atoms with Crippen molar-refractivity contribution in [2.75, 3.05) is 26.2 Å². The Hall–Kier alpha value is -1.62. The Morgan fingerprint density at radius 2 is 1.62 bits per heavy atom. The maximum atomic E-state index is 12.9. The molecule has 0 saturated carbocycles. The molecule has 0 amide bonds. The molecule has 3 rings (SSSR count). The predicted molar refractivity (Wildman–Crippen MR) is 102 cm³/mol. The highest BCUT2D eigenvalue weighted by molar-refractivity contribution is 7.89. The Morgan fingerprint density at radius 3 is 2.23 bits per heavy atom. The second kappa shape index (κ2) is 7.95. The molecule has 1 heterocycles. The Bertz CT molecular complexity index is 929. The zero-order valence-electron chi connectivity index (χ0n) is 13.9. The summed E-state index contributed by atoms with van der Waals surface area (Å²) in [5.74, 6) is 0. The molecule has 2 aromatic carbocycles. The van der Waals surface area contributed by atoms with Crippen LogP contribution in [0.2, 0.25) is 10.0 Å². The first-order valence-corrected chi connectivity index (χ1v) is 10.3. The molecule has 1 saturated heterocycles. The molecule has 2 aromatic rings. The summed E-state index contributed by atoms with van der Waals surface area (Å²) in [6.07, 6.45) is 0. The van der Waals surface area contributed by atoms with Gasteiger partial charge in [-0.3, -0.25) is 4.90 Å². The van der Waals surface area contributed by atoms with Gasteiger partial charge in [0.05, 0.1) is 21.7 Å². The first-order chi connectivity index (χ1) is 12.4. The second-order valence-electron chi connectivity index (χ2n) is 6.04. The van der Waals surface area contributed by atoms with E-state index in [1.54, 1.807) is 12.1 Å². The van der Waals surface area contributed by atoms with Crippen LogP contribution in [0.3, 0.4) is 0 Å². The van der Waals surface area contributed by atoms with E-state index in [2.05, 4.69) is 11.0 Å². The highest BCUT2D eigenvalue weighted by Crippen LogP contribution is 2.31. The molecule has 8 heteroatoms. The van der Waals surface area contributed by atoms with Crippen molar-refractivity contribution in [3.8, 4) is 6.07 Å². The van der Waals surface area contributed by atoms with E-state index in [1.807, 2.05) is 18.2 Å². The standard InChI is InChI=1S/C18H17Cl2N3O2S/c19-16-5-2-6-17(20)18(16)26(24,25)23-9-7-22(8-10-23)13-15-4-1-3-14(11-15)12-21/h1-6,11H,7-10,13H2. The van der Waals surface area contributed by atoms with Gasteiger partial charge in [0, 0.05) is 32.7 Å². The molecule has 1 aliphatic heterocycles. The zero-order valence-corrected chi connectivity index (χ0v) is 16.2. The predicted octanol–water partition coefficient (Wildman–Crippen LogP) is 3.37. The molecule has 1 aliphatic rings. The van der Waals surface area contributed by atoms with Crippen molar-refractivity contribution in [3.63, 3.8) is 0 Å². The lowest BCUT2D eigenvalue weighted by atomic mass is 10.1. The first-order valence-electron chi connectivity index (χ1n) is 8.07. The summed E-state index contributed by atoms with van der Waals surface area (Å²) in [5.41, 5.74) is 1.66. The molecule has 0 bridgehead atoms. The van der Waals surface area contributed by atoms with E-state index in [-0.39, 0.29) is 14.9 Å². The molecule has 0 radical (unpaired) electrons. The topological polar surface area (TPSA) is 64.4 Å². The summed E-state index contributed by atoms with van der Waals surface area (Å²) >= 11 is 12.1. The summed E-state index contributed by atoms with van der Waals surface area (Å²) in [7, 11) is -3.73.